The molecule has 0 bridgehead atoms. The number of hydrogen-bond donors (Lipinski definition) is 1. The zero-order chi connectivity index (χ0) is 13.1. The predicted molar refractivity (Wildman–Crippen MR) is 70.1 cm³/mol. The monoisotopic (exact) mass is 248 g/mol. The summed E-state index contributed by atoms with van der Waals surface area (Å²) in [6.07, 6.45) is 3.58. The van der Waals surface area contributed by atoms with Crippen molar-refractivity contribution in [3.05, 3.63) is 13.3 Å². The molecule has 2 rings (SSSR count). The van der Waals surface area contributed by atoms with Crippen LogP contribution in [0.5, 0.6) is 6.01 Å². The fourth-order valence-electron chi connectivity index (χ4n) is 1.65. The lowest BCUT2D eigenvalue weighted by Crippen LogP contribution is -2.10. The molecule has 1 radical (unpaired) electrons. The molecular weight excluding hydrogens is 230 g/mol. The Morgan fingerprint density at radius 1 is 1.44 bits per heavy atom. The summed E-state index contributed by atoms with van der Waals surface area (Å²) >= 11 is 0. The number of nitrogens with zero attached hydrogens (tertiary/aromatic N) is 4. The number of unbranched alkanes of at least 4 members (excludes halogenated alkanes) is 1. The van der Waals surface area contributed by atoms with Crippen molar-refractivity contribution in [2.75, 3.05) is 5.73 Å². The van der Waals surface area contributed by atoms with E-state index in [0.29, 0.717) is 23.0 Å². The van der Waals surface area contributed by atoms with Crippen LogP contribution < -0.4 is 10.5 Å². The molecule has 2 N–H and O–H groups in total. The second-order valence-corrected chi connectivity index (χ2v) is 4.38. The van der Waals surface area contributed by atoms with Crippen molar-refractivity contribution in [1.29, 1.82) is 0 Å². The van der Waals surface area contributed by atoms with Crippen LogP contribution in [0.1, 0.15) is 26.7 Å². The van der Waals surface area contributed by atoms with Crippen LogP contribution in [-0.4, -0.2) is 25.6 Å². The van der Waals surface area contributed by atoms with Crippen LogP contribution in [0.25, 0.3) is 11.2 Å². The van der Waals surface area contributed by atoms with Crippen molar-refractivity contribution in [3.63, 3.8) is 0 Å². The van der Waals surface area contributed by atoms with Crippen LogP contribution in [-0.2, 0) is 6.54 Å². The van der Waals surface area contributed by atoms with Gasteiger partial charge in [-0.05, 0) is 20.3 Å². The molecule has 97 valence electrons. The van der Waals surface area contributed by atoms with Crippen molar-refractivity contribution in [3.8, 4) is 6.01 Å². The van der Waals surface area contributed by atoms with Crippen LogP contribution >= 0.6 is 0 Å². The number of imidazole rings is 1. The van der Waals surface area contributed by atoms with Gasteiger partial charge in [-0.1, -0.05) is 13.3 Å². The second-order valence-electron chi connectivity index (χ2n) is 4.38. The third-order valence-electron chi connectivity index (χ3n) is 2.46. The Balaban J connectivity index is 2.40. The Morgan fingerprint density at radius 3 is 2.89 bits per heavy atom. The highest BCUT2D eigenvalue weighted by atomic mass is 16.5. The van der Waals surface area contributed by atoms with Gasteiger partial charge < -0.3 is 15.0 Å². The van der Waals surface area contributed by atoms with Gasteiger partial charge in [0.25, 0.3) is 0 Å². The van der Waals surface area contributed by atoms with E-state index in [4.69, 9.17) is 10.5 Å². The van der Waals surface area contributed by atoms with E-state index in [1.165, 1.54) is 0 Å². The van der Waals surface area contributed by atoms with Gasteiger partial charge in [0.05, 0.1) is 12.4 Å². The number of anilines is 1. The van der Waals surface area contributed by atoms with Crippen LogP contribution in [0, 0.1) is 6.92 Å². The number of aryl methyl sites for hydroxylation is 1. The summed E-state index contributed by atoms with van der Waals surface area (Å²) in [6, 6.07) is 0.298. The van der Waals surface area contributed by atoms with E-state index in [-0.39, 0.29) is 6.10 Å². The van der Waals surface area contributed by atoms with E-state index in [1.807, 2.05) is 18.4 Å². The molecule has 0 aromatic carbocycles. The third-order valence-corrected chi connectivity index (χ3v) is 2.46. The van der Waals surface area contributed by atoms with Gasteiger partial charge in [-0.2, -0.15) is 9.97 Å². The minimum Gasteiger partial charge on any atom is -0.461 e. The number of fused-ring (bicyclic) bond motifs is 1. The highest BCUT2D eigenvalue weighted by Crippen LogP contribution is 2.20. The molecule has 0 saturated heterocycles. The lowest BCUT2D eigenvalue weighted by atomic mass is 10.3. The van der Waals surface area contributed by atoms with Crippen molar-refractivity contribution in [2.45, 2.75) is 39.3 Å². The molecule has 0 aliphatic heterocycles. The normalized spacial score (nSPS) is 11.3. The molecule has 6 heteroatoms. The van der Waals surface area contributed by atoms with Crippen LogP contribution in [0.2, 0.25) is 0 Å². The number of nitrogens with two attached hydrogens (primary N) is 1. The van der Waals surface area contributed by atoms with Gasteiger partial charge in [-0.15, -0.1) is 0 Å². The molecule has 0 spiro atoms. The standard InChI is InChI=1S/C12H18N5O/c1-4-5-6-17-7-14-9-10(13)15-12(16-11(9)17)18-8(2)3/h7-8H,1,4-6H2,2-3H3,(H2,13,15,16). The molecule has 2 aromatic rings. The summed E-state index contributed by atoms with van der Waals surface area (Å²) in [4.78, 5) is 12.7. The van der Waals surface area contributed by atoms with Crippen molar-refractivity contribution >= 4 is 17.0 Å². The average Bonchev–Trinajstić information content (AvgIpc) is 2.69. The number of rotatable bonds is 5. The van der Waals surface area contributed by atoms with Crippen molar-refractivity contribution in [2.24, 2.45) is 0 Å². The first-order valence-corrected chi connectivity index (χ1v) is 6.06. The molecule has 6 nitrogen and oxygen atoms in total. The lowest BCUT2D eigenvalue weighted by molar-refractivity contribution is 0.223. The second kappa shape index (κ2) is 5.20. The SMILES string of the molecule is [CH2]CCCn1cnc2c(N)nc(OC(C)C)nc21. The Hall–Kier alpha value is -1.85. The van der Waals surface area contributed by atoms with Gasteiger partial charge in [0.1, 0.15) is 5.52 Å². The molecule has 0 aliphatic rings. The van der Waals surface area contributed by atoms with Gasteiger partial charge in [-0.3, -0.25) is 0 Å². The lowest BCUT2D eigenvalue weighted by Gasteiger charge is -2.09. The molecule has 0 saturated carbocycles. The zero-order valence-corrected chi connectivity index (χ0v) is 10.8. The maximum atomic E-state index is 5.86. The van der Waals surface area contributed by atoms with Gasteiger partial charge in [-0.25, -0.2) is 4.98 Å². The molecule has 0 fully saturated rings. The quantitative estimate of drug-likeness (QED) is 0.873. The summed E-state index contributed by atoms with van der Waals surface area (Å²) in [6.45, 7) is 8.48. The maximum Gasteiger partial charge on any atom is 0.320 e. The largest absolute Gasteiger partial charge is 0.461 e. The van der Waals surface area contributed by atoms with Gasteiger partial charge in [0, 0.05) is 6.54 Å². The van der Waals surface area contributed by atoms with Gasteiger partial charge in [0.2, 0.25) is 0 Å². The predicted octanol–water partition coefficient (Wildman–Crippen LogP) is 1.81. The molecule has 2 heterocycles. The topological polar surface area (TPSA) is 78.9 Å². The minimum absolute atomic E-state index is 0.0121. The van der Waals surface area contributed by atoms with Crippen LogP contribution in [0.3, 0.4) is 0 Å². The number of ether oxygens (including phenoxy) is 1. The number of aromatic nitrogens is 4. The molecule has 0 unspecified atom stereocenters. The smallest absolute Gasteiger partial charge is 0.320 e. The molecule has 2 aromatic heterocycles. The first-order chi connectivity index (χ1) is 8.61. The highest BCUT2D eigenvalue weighted by Gasteiger charge is 2.12. The Kier molecular flexibility index (Phi) is 3.64. The fraction of sp³-hybridized carbons (Fsp3) is 0.500. The molecular formula is C12H18N5O. The summed E-state index contributed by atoms with van der Waals surface area (Å²) < 4.78 is 7.43. The van der Waals surface area contributed by atoms with E-state index in [0.717, 1.165) is 19.4 Å². The maximum absolute atomic E-state index is 5.86. The van der Waals surface area contributed by atoms with Crippen molar-refractivity contribution in [1.82, 2.24) is 19.5 Å². The zero-order valence-electron chi connectivity index (χ0n) is 10.8. The van der Waals surface area contributed by atoms with Gasteiger partial charge >= 0.3 is 6.01 Å². The summed E-state index contributed by atoms with van der Waals surface area (Å²) in [5, 5.41) is 0. The minimum atomic E-state index is 0.0121. The third kappa shape index (κ3) is 2.52. The number of nitrogen functional groups attached to an aromatic ring is 1. The Bertz CT molecular complexity index is 534. The van der Waals surface area contributed by atoms with Crippen LogP contribution in [0.4, 0.5) is 5.82 Å². The van der Waals surface area contributed by atoms with E-state index in [9.17, 15) is 0 Å². The Labute approximate surface area is 106 Å². The molecule has 0 atom stereocenters. The van der Waals surface area contributed by atoms with E-state index >= 15 is 0 Å². The van der Waals surface area contributed by atoms with Crippen LogP contribution in [0.15, 0.2) is 6.33 Å². The fourth-order valence-corrected chi connectivity index (χ4v) is 1.65. The van der Waals surface area contributed by atoms with E-state index < -0.39 is 0 Å². The molecule has 18 heavy (non-hydrogen) atoms. The van der Waals surface area contributed by atoms with E-state index in [2.05, 4.69) is 21.9 Å². The molecule has 0 amide bonds. The highest BCUT2D eigenvalue weighted by molar-refractivity contribution is 5.81. The average molecular weight is 248 g/mol. The summed E-state index contributed by atoms with van der Waals surface area (Å²) in [5.74, 6) is 0.351. The van der Waals surface area contributed by atoms with E-state index in [1.54, 1.807) is 6.33 Å². The van der Waals surface area contributed by atoms with Gasteiger partial charge in [0.15, 0.2) is 11.5 Å². The molecule has 0 aliphatic carbocycles. The Morgan fingerprint density at radius 2 is 2.22 bits per heavy atom. The summed E-state index contributed by atoms with van der Waals surface area (Å²) in [7, 11) is 0. The summed E-state index contributed by atoms with van der Waals surface area (Å²) in [5.41, 5.74) is 7.19. The van der Waals surface area contributed by atoms with Crippen molar-refractivity contribution < 1.29 is 4.74 Å². The first-order valence-electron chi connectivity index (χ1n) is 6.06. The first kappa shape index (κ1) is 12.6. The number of hydrogen-bond acceptors (Lipinski definition) is 5.